The lowest BCUT2D eigenvalue weighted by atomic mass is 9.55. The van der Waals surface area contributed by atoms with Crippen LogP contribution in [0.4, 0.5) is 0 Å². The minimum atomic E-state index is -2.51. The SMILES string of the molecule is Cc1cc2c(cc1C)=C(C(=O)O)C(C)(C(=O)O)C(C)(C(=O)O)C=2C(=O)O. The summed E-state index contributed by atoms with van der Waals surface area (Å²) in [6, 6.07) is 2.78. The molecule has 0 bridgehead atoms. The van der Waals surface area contributed by atoms with Gasteiger partial charge in [-0.25, -0.2) is 9.59 Å². The van der Waals surface area contributed by atoms with E-state index in [0.717, 1.165) is 13.8 Å². The second kappa shape index (κ2) is 5.69. The monoisotopic (exact) mass is 362 g/mol. The molecule has 8 nitrogen and oxygen atoms in total. The number of carboxylic acid groups (broad SMARTS) is 4. The summed E-state index contributed by atoms with van der Waals surface area (Å²) in [4.78, 5) is 48.1. The second-order valence-electron chi connectivity index (χ2n) is 6.70. The summed E-state index contributed by atoms with van der Waals surface area (Å²) < 4.78 is 0. The smallest absolute Gasteiger partial charge is 0.333 e. The van der Waals surface area contributed by atoms with E-state index in [9.17, 15) is 39.6 Å². The van der Waals surface area contributed by atoms with Gasteiger partial charge in [-0.15, -0.1) is 0 Å². The van der Waals surface area contributed by atoms with Gasteiger partial charge in [0.15, 0.2) is 0 Å². The van der Waals surface area contributed by atoms with Crippen molar-refractivity contribution in [3.8, 4) is 0 Å². The van der Waals surface area contributed by atoms with Crippen molar-refractivity contribution in [1.29, 1.82) is 0 Å². The third-order valence-electron chi connectivity index (χ3n) is 5.46. The van der Waals surface area contributed by atoms with Gasteiger partial charge in [-0.05, 0) is 49.3 Å². The van der Waals surface area contributed by atoms with Crippen molar-refractivity contribution < 1.29 is 39.6 Å². The van der Waals surface area contributed by atoms with Crippen LogP contribution in [0.3, 0.4) is 0 Å². The number of hydrogen-bond donors (Lipinski definition) is 4. The van der Waals surface area contributed by atoms with Crippen LogP contribution in [-0.2, 0) is 19.2 Å². The highest BCUT2D eigenvalue weighted by Gasteiger charge is 2.64. The Labute approximate surface area is 147 Å². The van der Waals surface area contributed by atoms with Gasteiger partial charge in [-0.1, -0.05) is 12.1 Å². The summed E-state index contributed by atoms with van der Waals surface area (Å²) in [6.45, 7) is 5.21. The molecule has 2 atom stereocenters. The highest BCUT2D eigenvalue weighted by Crippen LogP contribution is 2.52. The lowest BCUT2D eigenvalue weighted by Crippen LogP contribution is -2.60. The standard InChI is InChI=1S/C18H18O8/c1-7-5-9-10(6-8(7)2)12(14(21)22)18(4,16(25)26)17(3,15(23)24)11(9)13(19)20/h5-6H,1-4H3,(H,19,20)(H,21,22)(H,23,24)(H,25,26). The molecule has 2 unspecified atom stereocenters. The number of carboxylic acids is 4. The molecule has 0 heterocycles. The van der Waals surface area contributed by atoms with E-state index in [0.29, 0.717) is 11.1 Å². The maximum atomic E-state index is 12.1. The number of carbonyl (C=O) groups is 4. The van der Waals surface area contributed by atoms with Crippen molar-refractivity contribution >= 4 is 35.0 Å². The van der Waals surface area contributed by atoms with Crippen molar-refractivity contribution in [2.75, 3.05) is 0 Å². The average molecular weight is 362 g/mol. The summed E-state index contributed by atoms with van der Waals surface area (Å²) in [5.41, 5.74) is -5.07. The first kappa shape index (κ1) is 19.2. The fraction of sp³-hybridized carbons (Fsp3) is 0.333. The highest BCUT2D eigenvalue weighted by atomic mass is 16.4. The predicted molar refractivity (Wildman–Crippen MR) is 88.7 cm³/mol. The molecule has 1 aromatic rings. The molecule has 0 fully saturated rings. The summed E-state index contributed by atoms with van der Waals surface area (Å²) in [6.07, 6.45) is 0. The molecule has 0 amide bonds. The van der Waals surface area contributed by atoms with Crippen molar-refractivity contribution in [3.05, 3.63) is 33.7 Å². The van der Waals surface area contributed by atoms with E-state index >= 15 is 0 Å². The molecule has 4 N–H and O–H groups in total. The molecule has 0 aromatic heterocycles. The first-order chi connectivity index (χ1) is 11.8. The van der Waals surface area contributed by atoms with E-state index < -0.39 is 45.9 Å². The molecule has 8 heteroatoms. The fourth-order valence-corrected chi connectivity index (χ4v) is 3.57. The van der Waals surface area contributed by atoms with Crippen molar-refractivity contribution in [2.24, 2.45) is 10.8 Å². The van der Waals surface area contributed by atoms with E-state index in [1.165, 1.54) is 12.1 Å². The lowest BCUT2D eigenvalue weighted by molar-refractivity contribution is -0.163. The van der Waals surface area contributed by atoms with Crippen LogP contribution in [0.5, 0.6) is 0 Å². The first-order valence-corrected chi connectivity index (χ1v) is 7.62. The third-order valence-corrected chi connectivity index (χ3v) is 5.46. The van der Waals surface area contributed by atoms with Gasteiger partial charge in [0.2, 0.25) is 0 Å². The van der Waals surface area contributed by atoms with Crippen LogP contribution >= 0.6 is 0 Å². The number of fused-ring (bicyclic) bond motifs is 1. The molecule has 0 spiro atoms. The number of rotatable bonds is 4. The molecule has 1 aliphatic carbocycles. The maximum absolute atomic E-state index is 12.1. The second-order valence-corrected chi connectivity index (χ2v) is 6.70. The molecule has 1 aromatic carbocycles. The first-order valence-electron chi connectivity index (χ1n) is 7.62. The Morgan fingerprint density at radius 2 is 0.962 bits per heavy atom. The Balaban J connectivity index is 3.40. The van der Waals surface area contributed by atoms with Crippen LogP contribution in [0.1, 0.15) is 25.0 Å². The Kier molecular flexibility index (Phi) is 4.19. The number of hydrogen-bond acceptors (Lipinski definition) is 4. The van der Waals surface area contributed by atoms with Gasteiger partial charge < -0.3 is 20.4 Å². The summed E-state index contributed by atoms with van der Waals surface area (Å²) in [5.74, 6) is -6.70. The van der Waals surface area contributed by atoms with Crippen LogP contribution in [0.25, 0.3) is 11.1 Å². The lowest BCUT2D eigenvalue weighted by Gasteiger charge is -2.43. The number of aryl methyl sites for hydroxylation is 2. The van der Waals surface area contributed by atoms with Gasteiger partial charge in [-0.3, -0.25) is 9.59 Å². The van der Waals surface area contributed by atoms with Crippen LogP contribution in [0, 0.1) is 24.7 Å². The molecule has 1 aliphatic rings. The summed E-state index contributed by atoms with van der Waals surface area (Å²) >= 11 is 0. The highest BCUT2D eigenvalue weighted by molar-refractivity contribution is 6.25. The van der Waals surface area contributed by atoms with Crippen molar-refractivity contribution in [1.82, 2.24) is 0 Å². The molecular formula is C18H18O8. The Hall–Kier alpha value is -3.16. The molecular weight excluding hydrogens is 344 g/mol. The Morgan fingerprint density at radius 3 is 1.15 bits per heavy atom. The zero-order chi connectivity index (χ0) is 20.2. The van der Waals surface area contributed by atoms with Crippen molar-refractivity contribution in [3.63, 3.8) is 0 Å². The van der Waals surface area contributed by atoms with Gasteiger partial charge in [0.1, 0.15) is 10.8 Å². The predicted octanol–water partition coefficient (Wildman–Crippen LogP) is -0.0306. The molecule has 0 saturated heterocycles. The van der Waals surface area contributed by atoms with Crippen LogP contribution < -0.4 is 10.4 Å². The minimum Gasteiger partial charge on any atom is -0.481 e. The van der Waals surface area contributed by atoms with Gasteiger partial charge in [0, 0.05) is 0 Å². The van der Waals surface area contributed by atoms with Gasteiger partial charge in [-0.2, -0.15) is 0 Å². The molecule has 26 heavy (non-hydrogen) atoms. The van der Waals surface area contributed by atoms with Crippen LogP contribution in [0.2, 0.25) is 0 Å². The van der Waals surface area contributed by atoms with Crippen molar-refractivity contribution in [2.45, 2.75) is 27.7 Å². The largest absolute Gasteiger partial charge is 0.481 e. The number of aliphatic carboxylic acids is 4. The topological polar surface area (TPSA) is 149 Å². The summed E-state index contributed by atoms with van der Waals surface area (Å²) in [7, 11) is 0. The third kappa shape index (κ3) is 2.15. The molecule has 138 valence electrons. The molecule has 0 saturated carbocycles. The summed E-state index contributed by atoms with van der Waals surface area (Å²) in [5, 5.41) is 38.8. The normalized spacial score (nSPS) is 24.8. The molecule has 0 radical (unpaired) electrons. The van der Waals surface area contributed by atoms with E-state index in [1.54, 1.807) is 13.8 Å². The quantitative estimate of drug-likeness (QED) is 0.583. The Bertz CT molecular complexity index is 922. The van der Waals surface area contributed by atoms with Gasteiger partial charge >= 0.3 is 23.9 Å². The number of benzene rings is 1. The van der Waals surface area contributed by atoms with Crippen LogP contribution in [-0.4, -0.2) is 44.3 Å². The van der Waals surface area contributed by atoms with Gasteiger partial charge in [0.05, 0.1) is 11.1 Å². The van der Waals surface area contributed by atoms with Crippen LogP contribution in [0.15, 0.2) is 12.1 Å². The maximum Gasteiger partial charge on any atom is 0.333 e. The average Bonchev–Trinajstić information content (AvgIpc) is 2.49. The van der Waals surface area contributed by atoms with E-state index in [4.69, 9.17) is 0 Å². The van der Waals surface area contributed by atoms with Gasteiger partial charge in [0.25, 0.3) is 0 Å². The fourth-order valence-electron chi connectivity index (χ4n) is 3.57. The zero-order valence-corrected chi connectivity index (χ0v) is 14.6. The minimum absolute atomic E-state index is 0.0957. The van der Waals surface area contributed by atoms with E-state index in [-0.39, 0.29) is 10.4 Å². The molecule has 0 aliphatic heterocycles. The Morgan fingerprint density at radius 1 is 0.692 bits per heavy atom. The van der Waals surface area contributed by atoms with E-state index in [2.05, 4.69) is 0 Å². The van der Waals surface area contributed by atoms with E-state index in [1.807, 2.05) is 0 Å². The molecule has 2 rings (SSSR count). The zero-order valence-electron chi connectivity index (χ0n) is 14.6.